The number of allylic oxidation sites excluding steroid dienone is 1. The van der Waals surface area contributed by atoms with Gasteiger partial charge in [0.15, 0.2) is 0 Å². The van der Waals surface area contributed by atoms with Gasteiger partial charge in [-0.3, -0.25) is 4.79 Å². The predicted molar refractivity (Wildman–Crippen MR) is 86.8 cm³/mol. The number of hydrogen-bond donors (Lipinski definition) is 0. The molecule has 0 aromatic heterocycles. The van der Waals surface area contributed by atoms with E-state index in [1.54, 1.807) is 4.90 Å². The minimum atomic E-state index is -0.0158. The Bertz CT molecular complexity index is 493. The number of rotatable bonds is 4. The van der Waals surface area contributed by atoms with Crippen molar-refractivity contribution < 1.29 is 4.79 Å². The third kappa shape index (κ3) is 2.69. The predicted octanol–water partition coefficient (Wildman–Crippen LogP) is 3.91. The van der Waals surface area contributed by atoms with E-state index in [4.69, 9.17) is 5.26 Å². The molecule has 4 aliphatic rings. The van der Waals surface area contributed by atoms with Crippen LogP contribution in [0.4, 0.5) is 0 Å². The molecule has 0 aromatic rings. The van der Waals surface area contributed by atoms with Crippen LogP contribution in [0.2, 0.25) is 0 Å². The van der Waals surface area contributed by atoms with Crippen LogP contribution in [0.15, 0.2) is 11.6 Å². The van der Waals surface area contributed by atoms with Crippen LogP contribution in [-0.4, -0.2) is 23.9 Å². The largest absolute Gasteiger partial charge is 0.338 e. The molecule has 0 saturated heterocycles. The quantitative estimate of drug-likeness (QED) is 0.739. The van der Waals surface area contributed by atoms with Crippen LogP contribution in [-0.2, 0) is 4.79 Å². The van der Waals surface area contributed by atoms with Gasteiger partial charge in [-0.2, -0.15) is 5.26 Å². The molecule has 0 spiro atoms. The maximum absolute atomic E-state index is 12.5. The topological polar surface area (TPSA) is 44.1 Å². The van der Waals surface area contributed by atoms with Crippen molar-refractivity contribution >= 4 is 5.91 Å². The Morgan fingerprint density at radius 3 is 2.23 bits per heavy atom. The Hall–Kier alpha value is -1.30. The van der Waals surface area contributed by atoms with Gasteiger partial charge in [-0.05, 0) is 75.5 Å². The number of nitriles is 1. The van der Waals surface area contributed by atoms with Crippen molar-refractivity contribution in [3.63, 3.8) is 0 Å². The Labute approximate surface area is 134 Å². The lowest BCUT2D eigenvalue weighted by molar-refractivity contribution is -0.126. The third-order valence-corrected chi connectivity index (χ3v) is 6.61. The first-order valence-electron chi connectivity index (χ1n) is 8.76. The smallest absolute Gasteiger partial charge is 0.246 e. The van der Waals surface area contributed by atoms with Crippen LogP contribution < -0.4 is 0 Å². The highest BCUT2D eigenvalue weighted by atomic mass is 16.2. The fraction of sp³-hybridized carbons (Fsp3) is 0.789. The molecule has 3 nitrogen and oxygen atoms in total. The number of nitrogens with zero attached hydrogens (tertiary/aromatic N) is 2. The summed E-state index contributed by atoms with van der Waals surface area (Å²) >= 11 is 0. The molecule has 4 bridgehead atoms. The minimum absolute atomic E-state index is 0.0158. The highest BCUT2D eigenvalue weighted by molar-refractivity contribution is 5.88. The normalized spacial score (nSPS) is 37.7. The molecule has 4 aliphatic carbocycles. The van der Waals surface area contributed by atoms with E-state index in [-0.39, 0.29) is 11.9 Å². The molecule has 4 fully saturated rings. The van der Waals surface area contributed by atoms with Gasteiger partial charge in [0.2, 0.25) is 5.91 Å². The van der Waals surface area contributed by atoms with Gasteiger partial charge < -0.3 is 4.90 Å². The molecule has 1 atom stereocenters. The zero-order valence-corrected chi connectivity index (χ0v) is 14.1. The first-order valence-corrected chi connectivity index (χ1v) is 8.76. The van der Waals surface area contributed by atoms with Gasteiger partial charge in [0.1, 0.15) is 0 Å². The summed E-state index contributed by atoms with van der Waals surface area (Å²) < 4.78 is 0. The summed E-state index contributed by atoms with van der Waals surface area (Å²) in [4.78, 5) is 14.2. The summed E-state index contributed by atoms with van der Waals surface area (Å²) in [5.74, 6) is 2.77. The molecule has 0 heterocycles. The first-order chi connectivity index (χ1) is 10.4. The van der Waals surface area contributed by atoms with Gasteiger partial charge in [-0.25, -0.2) is 0 Å². The second kappa shape index (κ2) is 5.72. The second-order valence-electron chi connectivity index (χ2n) is 8.19. The monoisotopic (exact) mass is 300 g/mol. The SMILES string of the molecule is CC(=CC(=O)N(C)C(C)CC#N)C12CC3CC(CC(C3)C1)C2. The van der Waals surface area contributed by atoms with Crippen molar-refractivity contribution in [2.24, 2.45) is 23.2 Å². The van der Waals surface area contributed by atoms with Crippen molar-refractivity contribution in [1.29, 1.82) is 5.26 Å². The zero-order valence-electron chi connectivity index (χ0n) is 14.1. The molecule has 0 N–H and O–H groups in total. The highest BCUT2D eigenvalue weighted by Gasteiger charge is 2.51. The van der Waals surface area contributed by atoms with E-state index in [0.29, 0.717) is 11.8 Å². The van der Waals surface area contributed by atoms with Crippen LogP contribution in [0.1, 0.15) is 58.8 Å². The molecule has 1 unspecified atom stereocenters. The number of likely N-dealkylation sites (N-methyl/N-ethyl adjacent to an activating group) is 1. The molecule has 0 aromatic carbocycles. The van der Waals surface area contributed by atoms with Crippen molar-refractivity contribution in [2.45, 2.75) is 64.8 Å². The van der Waals surface area contributed by atoms with Gasteiger partial charge >= 0.3 is 0 Å². The Kier molecular flexibility index (Phi) is 4.05. The van der Waals surface area contributed by atoms with Crippen molar-refractivity contribution in [3.8, 4) is 6.07 Å². The fourth-order valence-electron chi connectivity index (χ4n) is 5.52. The Balaban J connectivity index is 1.74. The average Bonchev–Trinajstić information content (AvgIpc) is 2.45. The van der Waals surface area contributed by atoms with Gasteiger partial charge in [0.05, 0.1) is 12.5 Å². The van der Waals surface area contributed by atoms with Crippen LogP contribution in [0.5, 0.6) is 0 Å². The maximum Gasteiger partial charge on any atom is 0.246 e. The second-order valence-corrected chi connectivity index (χ2v) is 8.19. The average molecular weight is 300 g/mol. The van der Waals surface area contributed by atoms with Gasteiger partial charge in [0, 0.05) is 19.2 Å². The van der Waals surface area contributed by atoms with Crippen molar-refractivity contribution in [1.82, 2.24) is 4.90 Å². The molecule has 1 amide bonds. The lowest BCUT2D eigenvalue weighted by Gasteiger charge is -2.57. The minimum Gasteiger partial charge on any atom is -0.338 e. The Morgan fingerprint density at radius 1 is 1.27 bits per heavy atom. The molecule has 120 valence electrons. The molecule has 0 aliphatic heterocycles. The highest BCUT2D eigenvalue weighted by Crippen LogP contribution is 2.62. The lowest BCUT2D eigenvalue weighted by Crippen LogP contribution is -2.47. The summed E-state index contributed by atoms with van der Waals surface area (Å²) in [6.07, 6.45) is 10.5. The van der Waals surface area contributed by atoms with E-state index in [2.05, 4.69) is 13.0 Å². The van der Waals surface area contributed by atoms with Crippen molar-refractivity contribution in [3.05, 3.63) is 11.6 Å². The van der Waals surface area contributed by atoms with Gasteiger partial charge in [-0.15, -0.1) is 0 Å². The van der Waals surface area contributed by atoms with E-state index in [1.165, 1.54) is 44.1 Å². The van der Waals surface area contributed by atoms with Crippen LogP contribution >= 0.6 is 0 Å². The number of carbonyl (C=O) groups is 1. The number of amides is 1. The molecule has 3 heteroatoms. The molecule has 4 rings (SSSR count). The van der Waals surface area contributed by atoms with Crippen LogP contribution in [0, 0.1) is 34.5 Å². The third-order valence-electron chi connectivity index (χ3n) is 6.61. The maximum atomic E-state index is 12.5. The van der Waals surface area contributed by atoms with E-state index < -0.39 is 0 Å². The summed E-state index contributed by atoms with van der Waals surface area (Å²) in [5, 5.41) is 8.80. The summed E-state index contributed by atoms with van der Waals surface area (Å²) in [6, 6.07) is 2.13. The standard InChI is InChI=1S/C19H28N2O/c1-13(6-18(22)21(3)14(2)4-5-20)19-10-15-7-16(11-19)9-17(8-15)12-19/h6,14-17H,4,7-12H2,1-3H3. The van der Waals surface area contributed by atoms with E-state index >= 15 is 0 Å². The molecule has 0 radical (unpaired) electrons. The molecular weight excluding hydrogens is 272 g/mol. The van der Waals surface area contributed by atoms with E-state index in [1.807, 2.05) is 20.0 Å². The van der Waals surface area contributed by atoms with Gasteiger partial charge in [0.25, 0.3) is 0 Å². The lowest BCUT2D eigenvalue weighted by atomic mass is 9.48. The molecule has 22 heavy (non-hydrogen) atoms. The van der Waals surface area contributed by atoms with Gasteiger partial charge in [-0.1, -0.05) is 5.57 Å². The number of carbonyl (C=O) groups excluding carboxylic acids is 1. The van der Waals surface area contributed by atoms with E-state index in [0.717, 1.165) is 17.8 Å². The summed E-state index contributed by atoms with van der Waals surface area (Å²) in [7, 11) is 1.81. The zero-order chi connectivity index (χ0) is 15.9. The summed E-state index contributed by atoms with van der Waals surface area (Å²) in [6.45, 7) is 4.11. The molecular formula is C19H28N2O. The molecule has 4 saturated carbocycles. The van der Waals surface area contributed by atoms with Crippen LogP contribution in [0.25, 0.3) is 0 Å². The van der Waals surface area contributed by atoms with E-state index in [9.17, 15) is 4.79 Å². The number of hydrogen-bond acceptors (Lipinski definition) is 2. The fourth-order valence-corrected chi connectivity index (χ4v) is 5.52. The Morgan fingerprint density at radius 2 is 1.77 bits per heavy atom. The van der Waals surface area contributed by atoms with Crippen molar-refractivity contribution in [2.75, 3.05) is 7.05 Å². The first kappa shape index (κ1) is 15.6. The summed E-state index contributed by atoms with van der Waals surface area (Å²) in [5.41, 5.74) is 1.61. The van der Waals surface area contributed by atoms with Crippen LogP contribution in [0.3, 0.4) is 0 Å².